The Morgan fingerprint density at radius 2 is 2.06 bits per heavy atom. The smallest absolute Gasteiger partial charge is 0.258 e. The van der Waals surface area contributed by atoms with E-state index in [1.807, 2.05) is 0 Å². The van der Waals surface area contributed by atoms with Crippen molar-refractivity contribution in [1.82, 2.24) is 0 Å². The molecule has 0 saturated carbocycles. The van der Waals surface area contributed by atoms with Crippen molar-refractivity contribution < 1.29 is 13.3 Å². The molecule has 0 aliphatic heterocycles. The standard InChI is InChI=1S/C8H4ClNO4S2/c9-16(13,14)7-4-5-2-1-3-6(10(11)12)8(5)15-7/h1-4H. The van der Waals surface area contributed by atoms with Gasteiger partial charge in [0.05, 0.1) is 4.92 Å². The number of fused-ring (bicyclic) bond motifs is 1. The molecule has 16 heavy (non-hydrogen) atoms. The third-order valence-corrected chi connectivity index (χ3v) is 5.19. The van der Waals surface area contributed by atoms with Gasteiger partial charge in [0.2, 0.25) is 0 Å². The minimum absolute atomic E-state index is 0.0848. The van der Waals surface area contributed by atoms with Crippen LogP contribution in [0.2, 0.25) is 0 Å². The molecule has 5 nitrogen and oxygen atoms in total. The van der Waals surface area contributed by atoms with Crippen LogP contribution in [0.5, 0.6) is 0 Å². The zero-order chi connectivity index (χ0) is 11.9. The van der Waals surface area contributed by atoms with Crippen LogP contribution in [0.15, 0.2) is 28.5 Å². The molecule has 2 aromatic rings. The van der Waals surface area contributed by atoms with Crippen molar-refractivity contribution >= 4 is 46.8 Å². The quantitative estimate of drug-likeness (QED) is 0.480. The summed E-state index contributed by atoms with van der Waals surface area (Å²) in [4.78, 5) is 10.2. The molecule has 0 radical (unpaired) electrons. The zero-order valence-corrected chi connectivity index (χ0v) is 9.97. The fraction of sp³-hybridized carbons (Fsp3) is 0. The van der Waals surface area contributed by atoms with Crippen molar-refractivity contribution in [3.05, 3.63) is 34.4 Å². The van der Waals surface area contributed by atoms with Gasteiger partial charge in [0, 0.05) is 22.1 Å². The zero-order valence-electron chi connectivity index (χ0n) is 7.58. The molecule has 1 aromatic carbocycles. The van der Waals surface area contributed by atoms with Crippen LogP contribution in [0.4, 0.5) is 5.69 Å². The highest BCUT2D eigenvalue weighted by Crippen LogP contribution is 2.36. The van der Waals surface area contributed by atoms with E-state index >= 15 is 0 Å². The van der Waals surface area contributed by atoms with Gasteiger partial charge in [-0.15, -0.1) is 11.3 Å². The summed E-state index contributed by atoms with van der Waals surface area (Å²) in [5.41, 5.74) is -0.117. The highest BCUT2D eigenvalue weighted by atomic mass is 35.7. The highest BCUT2D eigenvalue weighted by Gasteiger charge is 2.19. The Hall–Kier alpha value is -1.18. The van der Waals surface area contributed by atoms with E-state index in [0.717, 1.165) is 11.3 Å². The Kier molecular flexibility index (Phi) is 2.61. The van der Waals surface area contributed by atoms with Crippen LogP contribution < -0.4 is 0 Å². The fourth-order valence-electron chi connectivity index (χ4n) is 1.29. The maximum absolute atomic E-state index is 11.1. The number of halogens is 1. The van der Waals surface area contributed by atoms with Crippen LogP contribution in [0.25, 0.3) is 10.1 Å². The molecule has 0 fully saturated rings. The lowest BCUT2D eigenvalue weighted by Crippen LogP contribution is -1.86. The number of nitro benzene ring substituents is 1. The third-order valence-electron chi connectivity index (χ3n) is 1.94. The van der Waals surface area contributed by atoms with E-state index in [0.29, 0.717) is 10.1 Å². The van der Waals surface area contributed by atoms with E-state index in [2.05, 4.69) is 0 Å². The maximum Gasteiger partial charge on any atom is 0.287 e. The Bertz CT molecular complexity index is 676. The molecule has 8 heteroatoms. The first-order valence-corrected chi connectivity index (χ1v) is 7.14. The van der Waals surface area contributed by atoms with Gasteiger partial charge in [-0.2, -0.15) is 0 Å². The monoisotopic (exact) mass is 277 g/mol. The lowest BCUT2D eigenvalue weighted by Gasteiger charge is -1.91. The van der Waals surface area contributed by atoms with E-state index in [-0.39, 0.29) is 9.90 Å². The first-order valence-electron chi connectivity index (χ1n) is 4.01. The number of thiophene rings is 1. The molecular weight excluding hydrogens is 274 g/mol. The second kappa shape index (κ2) is 3.69. The molecule has 0 bridgehead atoms. The van der Waals surface area contributed by atoms with Crippen molar-refractivity contribution in [2.75, 3.05) is 0 Å². The summed E-state index contributed by atoms with van der Waals surface area (Å²) in [7, 11) is 1.34. The number of non-ortho nitro benzene ring substituents is 1. The second-order valence-corrected chi connectivity index (χ2v) is 6.80. The molecule has 0 saturated heterocycles. The normalized spacial score (nSPS) is 11.8. The molecular formula is C8H4ClNO4S2. The summed E-state index contributed by atoms with van der Waals surface area (Å²) in [6.45, 7) is 0. The Morgan fingerprint density at radius 3 is 2.62 bits per heavy atom. The summed E-state index contributed by atoms with van der Waals surface area (Å²) in [5.74, 6) is 0. The van der Waals surface area contributed by atoms with Crippen LogP contribution in [-0.4, -0.2) is 13.3 Å². The predicted molar refractivity (Wildman–Crippen MR) is 61.5 cm³/mol. The van der Waals surface area contributed by atoms with Crippen molar-refractivity contribution in [1.29, 1.82) is 0 Å². The van der Waals surface area contributed by atoms with E-state index in [9.17, 15) is 18.5 Å². The maximum atomic E-state index is 11.1. The molecule has 0 N–H and O–H groups in total. The fourth-order valence-corrected chi connectivity index (χ4v) is 3.50. The molecule has 0 unspecified atom stereocenters. The lowest BCUT2D eigenvalue weighted by molar-refractivity contribution is -0.382. The molecule has 1 heterocycles. The number of rotatable bonds is 2. The van der Waals surface area contributed by atoms with Gasteiger partial charge in [-0.05, 0) is 6.07 Å². The summed E-state index contributed by atoms with van der Waals surface area (Å²) in [6, 6.07) is 5.75. The van der Waals surface area contributed by atoms with Crippen molar-refractivity contribution in [3.63, 3.8) is 0 Å². The van der Waals surface area contributed by atoms with Gasteiger partial charge in [0.25, 0.3) is 14.7 Å². The Balaban J connectivity index is 2.81. The van der Waals surface area contributed by atoms with Gasteiger partial charge in [0.1, 0.15) is 8.91 Å². The van der Waals surface area contributed by atoms with Crippen molar-refractivity contribution in [2.45, 2.75) is 4.21 Å². The largest absolute Gasteiger partial charge is 0.287 e. The summed E-state index contributed by atoms with van der Waals surface area (Å²) >= 11 is 0.798. The highest BCUT2D eigenvalue weighted by molar-refractivity contribution is 8.15. The molecule has 2 rings (SSSR count). The van der Waals surface area contributed by atoms with E-state index in [4.69, 9.17) is 10.7 Å². The number of nitrogens with zero attached hydrogens (tertiary/aromatic N) is 1. The number of benzene rings is 1. The van der Waals surface area contributed by atoms with E-state index in [1.165, 1.54) is 18.2 Å². The Morgan fingerprint density at radius 1 is 1.38 bits per heavy atom. The Labute approximate surface area is 98.8 Å². The van der Waals surface area contributed by atoms with Crippen molar-refractivity contribution in [3.8, 4) is 0 Å². The first kappa shape index (κ1) is 11.3. The third kappa shape index (κ3) is 1.89. The van der Waals surface area contributed by atoms with Gasteiger partial charge in [-0.3, -0.25) is 10.1 Å². The number of nitro groups is 1. The summed E-state index contributed by atoms with van der Waals surface area (Å²) in [6.07, 6.45) is 0. The van der Waals surface area contributed by atoms with Crippen LogP contribution >= 0.6 is 22.0 Å². The summed E-state index contributed by atoms with van der Waals surface area (Å²) in [5, 5.41) is 11.2. The van der Waals surface area contributed by atoms with Gasteiger partial charge in [-0.1, -0.05) is 12.1 Å². The van der Waals surface area contributed by atoms with Crippen LogP contribution in [0.3, 0.4) is 0 Å². The number of hydrogen-bond donors (Lipinski definition) is 0. The van der Waals surface area contributed by atoms with Crippen LogP contribution in [0, 0.1) is 10.1 Å². The van der Waals surface area contributed by atoms with E-state index in [1.54, 1.807) is 6.07 Å². The average Bonchev–Trinajstić information content (AvgIpc) is 2.59. The molecule has 0 amide bonds. The SMILES string of the molecule is O=[N+]([O-])c1cccc2cc(S(=O)(=O)Cl)sc12. The van der Waals surface area contributed by atoms with Crippen LogP contribution in [-0.2, 0) is 9.05 Å². The molecule has 0 aliphatic carbocycles. The van der Waals surface area contributed by atoms with Crippen molar-refractivity contribution in [2.24, 2.45) is 0 Å². The first-order chi connectivity index (χ1) is 7.39. The summed E-state index contributed by atoms with van der Waals surface area (Å²) < 4.78 is 22.4. The minimum atomic E-state index is -3.84. The van der Waals surface area contributed by atoms with Gasteiger partial charge < -0.3 is 0 Å². The van der Waals surface area contributed by atoms with E-state index < -0.39 is 14.0 Å². The predicted octanol–water partition coefficient (Wildman–Crippen LogP) is 2.74. The average molecular weight is 278 g/mol. The molecule has 0 spiro atoms. The van der Waals surface area contributed by atoms with Gasteiger partial charge in [0.15, 0.2) is 0 Å². The second-order valence-electron chi connectivity index (χ2n) is 2.96. The lowest BCUT2D eigenvalue weighted by atomic mass is 10.2. The van der Waals surface area contributed by atoms with Gasteiger partial charge in [-0.25, -0.2) is 8.42 Å². The molecule has 1 aromatic heterocycles. The minimum Gasteiger partial charge on any atom is -0.258 e. The topological polar surface area (TPSA) is 77.3 Å². The molecule has 84 valence electrons. The van der Waals surface area contributed by atoms with Gasteiger partial charge >= 0.3 is 0 Å². The van der Waals surface area contributed by atoms with Crippen LogP contribution in [0.1, 0.15) is 0 Å². The molecule has 0 atom stereocenters. The molecule has 0 aliphatic rings. The number of hydrogen-bond acceptors (Lipinski definition) is 5.